The first-order valence-corrected chi connectivity index (χ1v) is 9.19. The zero-order valence-electron chi connectivity index (χ0n) is 14.4. The normalized spacial score (nSPS) is 24.0. The van der Waals surface area contributed by atoms with E-state index in [1.54, 1.807) is 6.20 Å². The van der Waals surface area contributed by atoms with Crippen LogP contribution >= 0.6 is 0 Å². The van der Waals surface area contributed by atoms with E-state index in [0.29, 0.717) is 19.1 Å². The minimum atomic E-state index is -0.0395. The zero-order valence-corrected chi connectivity index (χ0v) is 14.4. The average Bonchev–Trinajstić information content (AvgIpc) is 3.51. The van der Waals surface area contributed by atoms with Crippen molar-refractivity contribution in [2.45, 2.75) is 51.1 Å². The van der Waals surface area contributed by atoms with E-state index in [1.165, 1.54) is 0 Å². The average molecular weight is 330 g/mol. The predicted molar refractivity (Wildman–Crippen MR) is 88.8 cm³/mol. The first-order valence-electron chi connectivity index (χ1n) is 9.19. The molecule has 3 aliphatic rings. The molecule has 1 aliphatic heterocycles. The van der Waals surface area contributed by atoms with Gasteiger partial charge in [0.15, 0.2) is 0 Å². The summed E-state index contributed by atoms with van der Waals surface area (Å²) in [6.45, 7) is 2.01. The van der Waals surface area contributed by atoms with Gasteiger partial charge in [-0.25, -0.2) is 4.98 Å². The molecule has 2 amide bonds. The fourth-order valence-electron chi connectivity index (χ4n) is 3.68. The molecule has 2 heterocycles. The minimum Gasteiger partial charge on any atom is -0.342 e. The Kier molecular flexibility index (Phi) is 4.06. The van der Waals surface area contributed by atoms with Gasteiger partial charge in [0.25, 0.3) is 0 Å². The van der Waals surface area contributed by atoms with Crippen molar-refractivity contribution in [3.63, 3.8) is 0 Å². The van der Waals surface area contributed by atoms with Gasteiger partial charge in [-0.15, -0.1) is 0 Å². The third-order valence-electron chi connectivity index (χ3n) is 5.51. The van der Waals surface area contributed by atoms with Crippen molar-refractivity contribution in [2.75, 3.05) is 13.1 Å². The molecule has 0 radical (unpaired) electrons. The molecule has 0 bridgehead atoms. The van der Waals surface area contributed by atoms with Gasteiger partial charge in [-0.3, -0.25) is 9.59 Å². The number of hydrogen-bond acceptors (Lipinski definition) is 3. The van der Waals surface area contributed by atoms with E-state index in [4.69, 9.17) is 0 Å². The molecule has 6 nitrogen and oxygen atoms in total. The number of nitrogens with zero attached hydrogens (tertiary/aromatic N) is 4. The molecule has 2 saturated carbocycles. The molecule has 1 saturated heterocycles. The lowest BCUT2D eigenvalue weighted by Crippen LogP contribution is -2.47. The molecule has 130 valence electrons. The summed E-state index contributed by atoms with van der Waals surface area (Å²) in [4.78, 5) is 33.8. The van der Waals surface area contributed by atoms with Crippen molar-refractivity contribution >= 4 is 11.8 Å². The lowest BCUT2D eigenvalue weighted by molar-refractivity contribution is -0.142. The molecule has 0 N–H and O–H groups in total. The number of rotatable bonds is 5. The first-order chi connectivity index (χ1) is 11.6. The van der Waals surface area contributed by atoms with Gasteiger partial charge in [0.05, 0.1) is 12.5 Å². The number of hydrogen-bond donors (Lipinski definition) is 0. The third kappa shape index (κ3) is 3.19. The summed E-state index contributed by atoms with van der Waals surface area (Å²) in [6.07, 6.45) is 9.78. The maximum absolute atomic E-state index is 13.1. The van der Waals surface area contributed by atoms with Crippen LogP contribution in [0.5, 0.6) is 0 Å². The van der Waals surface area contributed by atoms with Crippen LogP contribution in [0.4, 0.5) is 0 Å². The number of amides is 2. The highest BCUT2D eigenvalue weighted by molar-refractivity contribution is 5.83. The Morgan fingerprint density at radius 2 is 2.00 bits per heavy atom. The maximum Gasteiger partial charge on any atom is 0.228 e. The second kappa shape index (κ2) is 6.22. The van der Waals surface area contributed by atoms with Gasteiger partial charge >= 0.3 is 0 Å². The van der Waals surface area contributed by atoms with Crippen LogP contribution in [0.1, 0.15) is 44.3 Å². The van der Waals surface area contributed by atoms with E-state index in [9.17, 15) is 9.59 Å². The topological polar surface area (TPSA) is 58.4 Å². The Balaban J connectivity index is 1.43. The number of piperidine rings is 1. The Morgan fingerprint density at radius 1 is 1.21 bits per heavy atom. The van der Waals surface area contributed by atoms with Crippen molar-refractivity contribution in [1.82, 2.24) is 19.4 Å². The molecular weight excluding hydrogens is 304 g/mol. The summed E-state index contributed by atoms with van der Waals surface area (Å²) in [5.41, 5.74) is 0. The summed E-state index contributed by atoms with van der Waals surface area (Å²) in [6, 6.07) is 0.365. The number of likely N-dealkylation sites (tertiary alicyclic amines) is 1. The molecule has 6 heteroatoms. The van der Waals surface area contributed by atoms with E-state index in [0.717, 1.165) is 50.9 Å². The third-order valence-corrected chi connectivity index (χ3v) is 5.51. The fraction of sp³-hybridized carbons (Fsp3) is 0.722. The highest BCUT2D eigenvalue weighted by Crippen LogP contribution is 2.34. The van der Waals surface area contributed by atoms with E-state index in [1.807, 2.05) is 27.6 Å². The van der Waals surface area contributed by atoms with Gasteiger partial charge in [-0.1, -0.05) is 0 Å². The molecule has 4 rings (SSSR count). The smallest absolute Gasteiger partial charge is 0.228 e. The van der Waals surface area contributed by atoms with Gasteiger partial charge in [0, 0.05) is 44.5 Å². The van der Waals surface area contributed by atoms with E-state index >= 15 is 0 Å². The van der Waals surface area contributed by atoms with Crippen molar-refractivity contribution in [2.24, 2.45) is 18.9 Å². The molecule has 0 spiro atoms. The van der Waals surface area contributed by atoms with E-state index in [-0.39, 0.29) is 23.7 Å². The zero-order chi connectivity index (χ0) is 16.7. The summed E-state index contributed by atoms with van der Waals surface area (Å²) >= 11 is 0. The van der Waals surface area contributed by atoms with Crippen LogP contribution in [-0.2, 0) is 23.2 Å². The second-order valence-electron chi connectivity index (χ2n) is 7.55. The minimum absolute atomic E-state index is 0.0395. The Labute approximate surface area is 142 Å². The Morgan fingerprint density at radius 3 is 2.62 bits per heavy atom. The maximum atomic E-state index is 13.1. The van der Waals surface area contributed by atoms with Crippen molar-refractivity contribution in [3.8, 4) is 0 Å². The van der Waals surface area contributed by atoms with Crippen molar-refractivity contribution in [1.29, 1.82) is 0 Å². The van der Waals surface area contributed by atoms with Crippen molar-refractivity contribution < 1.29 is 9.59 Å². The molecule has 1 aromatic heterocycles. The lowest BCUT2D eigenvalue weighted by atomic mass is 9.96. The van der Waals surface area contributed by atoms with Gasteiger partial charge in [-0.2, -0.15) is 0 Å². The molecule has 24 heavy (non-hydrogen) atoms. The van der Waals surface area contributed by atoms with Crippen LogP contribution in [-0.4, -0.2) is 50.3 Å². The van der Waals surface area contributed by atoms with Crippen LogP contribution < -0.4 is 0 Å². The quantitative estimate of drug-likeness (QED) is 0.823. The van der Waals surface area contributed by atoms with Crippen LogP contribution in [0.2, 0.25) is 0 Å². The number of aryl methyl sites for hydroxylation is 1. The highest BCUT2D eigenvalue weighted by Gasteiger charge is 2.40. The Hall–Kier alpha value is -1.85. The van der Waals surface area contributed by atoms with E-state index < -0.39 is 0 Å². The number of carbonyl (C=O) groups is 2. The Bertz CT molecular complexity index is 633. The number of aromatic nitrogens is 2. The predicted octanol–water partition coefficient (Wildman–Crippen LogP) is 1.56. The molecule has 1 atom stereocenters. The van der Waals surface area contributed by atoms with Crippen LogP contribution in [0.3, 0.4) is 0 Å². The van der Waals surface area contributed by atoms with Crippen LogP contribution in [0, 0.1) is 11.8 Å². The molecule has 0 unspecified atom stereocenters. The largest absolute Gasteiger partial charge is 0.342 e. The molecule has 0 aromatic carbocycles. The van der Waals surface area contributed by atoms with Crippen LogP contribution in [0.25, 0.3) is 0 Å². The lowest BCUT2D eigenvalue weighted by Gasteiger charge is -2.35. The summed E-state index contributed by atoms with van der Waals surface area (Å²) in [7, 11) is 1.97. The second-order valence-corrected chi connectivity index (χ2v) is 7.55. The number of imidazole rings is 1. The van der Waals surface area contributed by atoms with E-state index in [2.05, 4.69) is 4.98 Å². The summed E-state index contributed by atoms with van der Waals surface area (Å²) in [5, 5.41) is 0. The fourth-order valence-corrected chi connectivity index (χ4v) is 3.68. The standard InChI is InChI=1S/C18H26N4O2/c1-20-10-8-19-16(20)12-22(15-6-7-15)18(24)14-3-2-9-21(11-14)17(23)13-4-5-13/h8,10,13-15H,2-7,9,11-12H2,1H3/t14-/m0/s1. The van der Waals surface area contributed by atoms with Gasteiger partial charge in [0.1, 0.15) is 5.82 Å². The number of carbonyl (C=O) groups excluding carboxylic acids is 2. The molecular formula is C18H26N4O2. The van der Waals surface area contributed by atoms with Crippen LogP contribution in [0.15, 0.2) is 12.4 Å². The highest BCUT2D eigenvalue weighted by atomic mass is 16.2. The van der Waals surface area contributed by atoms with Gasteiger partial charge < -0.3 is 14.4 Å². The first kappa shape index (κ1) is 15.7. The van der Waals surface area contributed by atoms with Crippen molar-refractivity contribution in [3.05, 3.63) is 18.2 Å². The molecule has 3 fully saturated rings. The van der Waals surface area contributed by atoms with Gasteiger partial charge in [-0.05, 0) is 38.5 Å². The summed E-state index contributed by atoms with van der Waals surface area (Å²) in [5.74, 6) is 1.62. The summed E-state index contributed by atoms with van der Waals surface area (Å²) < 4.78 is 1.98. The SMILES string of the molecule is Cn1ccnc1CN(C(=O)[C@H]1CCCN(C(=O)C2CC2)C1)C1CC1. The molecule has 1 aromatic rings. The molecule has 2 aliphatic carbocycles. The monoisotopic (exact) mass is 330 g/mol. The van der Waals surface area contributed by atoms with Gasteiger partial charge in [0.2, 0.25) is 11.8 Å².